The number of nitrogens with zero attached hydrogens (tertiary/aromatic N) is 4. The van der Waals surface area contributed by atoms with E-state index in [4.69, 9.17) is 5.26 Å². The molecular weight excluding hydrogens is 220 g/mol. The van der Waals surface area contributed by atoms with E-state index in [2.05, 4.69) is 16.0 Å². The van der Waals surface area contributed by atoms with E-state index in [-0.39, 0.29) is 0 Å². The van der Waals surface area contributed by atoms with Gasteiger partial charge in [0, 0.05) is 29.9 Å². The molecule has 0 aromatic carbocycles. The zero-order valence-corrected chi connectivity index (χ0v) is 9.61. The van der Waals surface area contributed by atoms with Gasteiger partial charge in [0.1, 0.15) is 6.54 Å². The molecule has 0 unspecified atom stereocenters. The van der Waals surface area contributed by atoms with Crippen LogP contribution in [-0.2, 0) is 0 Å². The van der Waals surface area contributed by atoms with Crippen molar-refractivity contribution in [3.8, 4) is 16.5 Å². The summed E-state index contributed by atoms with van der Waals surface area (Å²) in [6.07, 6.45) is 3.56. The Labute approximate surface area is 97.8 Å². The summed E-state index contributed by atoms with van der Waals surface area (Å²) >= 11 is 1.65. The van der Waals surface area contributed by atoms with E-state index in [1.165, 1.54) is 0 Å². The van der Waals surface area contributed by atoms with Crippen LogP contribution in [0.1, 0.15) is 0 Å². The van der Waals surface area contributed by atoms with Crippen molar-refractivity contribution in [1.29, 1.82) is 5.26 Å². The summed E-state index contributed by atoms with van der Waals surface area (Å²) < 4.78 is 0. The Hall–Kier alpha value is -1.93. The minimum atomic E-state index is 0.290. The first kappa shape index (κ1) is 10.6. The van der Waals surface area contributed by atoms with Gasteiger partial charge in [-0.15, -0.1) is 11.3 Å². The molecule has 80 valence electrons. The van der Waals surface area contributed by atoms with Crippen molar-refractivity contribution in [3.63, 3.8) is 0 Å². The summed E-state index contributed by atoms with van der Waals surface area (Å²) in [5.74, 6) is 0.571. The van der Waals surface area contributed by atoms with Crippen LogP contribution in [0.3, 0.4) is 0 Å². The van der Waals surface area contributed by atoms with Gasteiger partial charge >= 0.3 is 0 Å². The van der Waals surface area contributed by atoms with Gasteiger partial charge in [-0.3, -0.25) is 0 Å². The van der Waals surface area contributed by atoms with Crippen molar-refractivity contribution >= 4 is 17.3 Å². The molecule has 16 heavy (non-hydrogen) atoms. The summed E-state index contributed by atoms with van der Waals surface area (Å²) in [6, 6.07) is 6.08. The van der Waals surface area contributed by atoms with Crippen molar-refractivity contribution in [2.24, 2.45) is 0 Å². The predicted octanol–water partition coefficient (Wildman–Crippen LogP) is 2.16. The quantitative estimate of drug-likeness (QED) is 0.758. The first-order chi connectivity index (χ1) is 7.81. The normalized spacial score (nSPS) is 9.75. The monoisotopic (exact) mass is 230 g/mol. The van der Waals surface area contributed by atoms with Gasteiger partial charge < -0.3 is 4.90 Å². The minimum absolute atomic E-state index is 0.290. The smallest absolute Gasteiger partial charge is 0.225 e. The van der Waals surface area contributed by atoms with Gasteiger partial charge in [-0.1, -0.05) is 6.07 Å². The molecule has 5 heteroatoms. The molecule has 0 bridgehead atoms. The van der Waals surface area contributed by atoms with Crippen molar-refractivity contribution < 1.29 is 0 Å². The molecule has 0 saturated heterocycles. The molecule has 2 aromatic heterocycles. The predicted molar refractivity (Wildman–Crippen MR) is 64.2 cm³/mol. The van der Waals surface area contributed by atoms with Crippen LogP contribution in [0.2, 0.25) is 0 Å². The zero-order valence-electron chi connectivity index (χ0n) is 8.79. The molecule has 0 N–H and O–H groups in total. The molecular formula is C11H10N4S. The third kappa shape index (κ3) is 2.18. The van der Waals surface area contributed by atoms with E-state index in [0.717, 1.165) is 10.4 Å². The lowest BCUT2D eigenvalue weighted by Gasteiger charge is -2.11. The number of nitriles is 1. The maximum atomic E-state index is 8.56. The second-order valence-corrected chi connectivity index (χ2v) is 4.21. The Bertz CT molecular complexity index is 484. The molecule has 0 amide bonds. The van der Waals surface area contributed by atoms with E-state index >= 15 is 0 Å². The molecule has 0 aliphatic carbocycles. The lowest BCUT2D eigenvalue weighted by atomic mass is 10.3. The summed E-state index contributed by atoms with van der Waals surface area (Å²) in [5.41, 5.74) is 1.00. The van der Waals surface area contributed by atoms with Crippen molar-refractivity contribution in [2.45, 2.75) is 0 Å². The highest BCUT2D eigenvalue weighted by molar-refractivity contribution is 7.13. The average Bonchev–Trinajstić information content (AvgIpc) is 2.83. The van der Waals surface area contributed by atoms with Crippen LogP contribution in [-0.4, -0.2) is 23.6 Å². The first-order valence-corrected chi connectivity index (χ1v) is 5.63. The molecule has 0 saturated carbocycles. The van der Waals surface area contributed by atoms with Crippen LogP contribution in [0, 0.1) is 11.3 Å². The van der Waals surface area contributed by atoms with Gasteiger partial charge in [0.2, 0.25) is 5.95 Å². The zero-order chi connectivity index (χ0) is 11.4. The first-order valence-electron chi connectivity index (χ1n) is 4.75. The molecule has 0 radical (unpaired) electrons. The highest BCUT2D eigenvalue weighted by Gasteiger charge is 2.04. The van der Waals surface area contributed by atoms with E-state index in [0.29, 0.717) is 12.5 Å². The molecule has 0 atom stereocenters. The molecule has 0 aliphatic rings. The molecule has 0 aliphatic heterocycles. The molecule has 0 spiro atoms. The second-order valence-electron chi connectivity index (χ2n) is 3.26. The van der Waals surface area contributed by atoms with Crippen LogP contribution in [0.5, 0.6) is 0 Å². The lowest BCUT2D eigenvalue weighted by Crippen LogP contribution is -2.19. The van der Waals surface area contributed by atoms with Gasteiger partial charge in [0.25, 0.3) is 0 Å². The van der Waals surface area contributed by atoms with E-state index in [1.807, 2.05) is 17.5 Å². The third-order valence-corrected chi connectivity index (χ3v) is 3.01. The standard InChI is InChI=1S/C11H10N4S/c1-15(5-4-12)11-13-7-9(8-14-11)10-3-2-6-16-10/h2-3,6-8H,5H2,1H3. The fourth-order valence-electron chi connectivity index (χ4n) is 1.27. The van der Waals surface area contributed by atoms with Crippen LogP contribution >= 0.6 is 11.3 Å². The van der Waals surface area contributed by atoms with Gasteiger partial charge in [-0.25, -0.2) is 9.97 Å². The van der Waals surface area contributed by atoms with Crippen LogP contribution in [0.15, 0.2) is 29.9 Å². The highest BCUT2D eigenvalue weighted by atomic mass is 32.1. The fraction of sp³-hybridized carbons (Fsp3) is 0.182. The van der Waals surface area contributed by atoms with E-state index in [9.17, 15) is 0 Å². The molecule has 2 rings (SSSR count). The van der Waals surface area contributed by atoms with Crippen molar-refractivity contribution in [2.75, 3.05) is 18.5 Å². The minimum Gasteiger partial charge on any atom is -0.331 e. The number of aromatic nitrogens is 2. The maximum Gasteiger partial charge on any atom is 0.225 e. The van der Waals surface area contributed by atoms with Gasteiger partial charge in [-0.05, 0) is 11.4 Å². The molecule has 2 aromatic rings. The SMILES string of the molecule is CN(CC#N)c1ncc(-c2cccs2)cn1. The summed E-state index contributed by atoms with van der Waals surface area (Å²) in [7, 11) is 1.80. The Morgan fingerprint density at radius 1 is 1.44 bits per heavy atom. The summed E-state index contributed by atoms with van der Waals surface area (Å²) in [5, 5.41) is 10.6. The van der Waals surface area contributed by atoms with Gasteiger partial charge in [0.15, 0.2) is 0 Å². The van der Waals surface area contributed by atoms with Gasteiger partial charge in [-0.2, -0.15) is 5.26 Å². The van der Waals surface area contributed by atoms with Crippen LogP contribution in [0.4, 0.5) is 5.95 Å². The second kappa shape index (κ2) is 4.73. The average molecular weight is 230 g/mol. The Kier molecular flexibility index (Phi) is 3.13. The largest absolute Gasteiger partial charge is 0.331 e. The summed E-state index contributed by atoms with van der Waals surface area (Å²) in [4.78, 5) is 11.3. The Balaban J connectivity index is 2.20. The summed E-state index contributed by atoms with van der Waals surface area (Å²) in [6.45, 7) is 0.290. The van der Waals surface area contributed by atoms with Crippen molar-refractivity contribution in [1.82, 2.24) is 9.97 Å². The third-order valence-electron chi connectivity index (χ3n) is 2.09. The molecule has 4 nitrogen and oxygen atoms in total. The number of hydrogen-bond acceptors (Lipinski definition) is 5. The number of rotatable bonds is 3. The van der Waals surface area contributed by atoms with Crippen LogP contribution in [0.25, 0.3) is 10.4 Å². The highest BCUT2D eigenvalue weighted by Crippen LogP contribution is 2.23. The maximum absolute atomic E-state index is 8.56. The lowest BCUT2D eigenvalue weighted by molar-refractivity contribution is 0.947. The fourth-order valence-corrected chi connectivity index (χ4v) is 1.97. The van der Waals surface area contributed by atoms with Gasteiger partial charge in [0.05, 0.1) is 6.07 Å². The Morgan fingerprint density at radius 3 is 2.75 bits per heavy atom. The molecule has 2 heterocycles. The van der Waals surface area contributed by atoms with Crippen molar-refractivity contribution in [3.05, 3.63) is 29.9 Å². The molecule has 0 fully saturated rings. The number of hydrogen-bond donors (Lipinski definition) is 0. The van der Waals surface area contributed by atoms with Crippen LogP contribution < -0.4 is 4.90 Å². The number of thiophene rings is 1. The van der Waals surface area contributed by atoms with E-state index < -0.39 is 0 Å². The number of anilines is 1. The Morgan fingerprint density at radius 2 is 2.19 bits per heavy atom. The topological polar surface area (TPSA) is 52.8 Å². The van der Waals surface area contributed by atoms with E-state index in [1.54, 1.807) is 35.7 Å².